The van der Waals surface area contributed by atoms with Crippen molar-refractivity contribution in [2.24, 2.45) is 11.3 Å². The number of aromatic nitrogens is 2. The van der Waals surface area contributed by atoms with Gasteiger partial charge in [0.05, 0.1) is 5.41 Å². The van der Waals surface area contributed by atoms with Gasteiger partial charge in [-0.05, 0) is 19.8 Å². The van der Waals surface area contributed by atoms with Crippen LogP contribution in [-0.4, -0.2) is 21.2 Å². The molecule has 0 bridgehead atoms. The van der Waals surface area contributed by atoms with E-state index in [0.29, 0.717) is 11.7 Å². The standard InChI is InChI=1S/C10H16N2O3/c1-6(2)10(4,9(13)14)5-8-11-7(3)12-15-8/h6H,5H2,1-4H3,(H,13,14). The van der Waals surface area contributed by atoms with Gasteiger partial charge in [-0.25, -0.2) is 0 Å². The van der Waals surface area contributed by atoms with E-state index in [9.17, 15) is 9.90 Å². The molecule has 0 aliphatic carbocycles. The Labute approximate surface area is 88.5 Å². The maximum absolute atomic E-state index is 11.2. The first-order valence-electron chi connectivity index (χ1n) is 4.89. The van der Waals surface area contributed by atoms with Gasteiger partial charge in [0.2, 0.25) is 5.89 Å². The van der Waals surface area contributed by atoms with Crippen LogP contribution in [-0.2, 0) is 11.2 Å². The van der Waals surface area contributed by atoms with Crippen molar-refractivity contribution in [3.05, 3.63) is 11.7 Å². The van der Waals surface area contributed by atoms with Gasteiger partial charge in [0.25, 0.3) is 0 Å². The molecule has 0 aliphatic heterocycles. The lowest BCUT2D eigenvalue weighted by Crippen LogP contribution is -2.35. The fourth-order valence-electron chi connectivity index (χ4n) is 1.25. The maximum Gasteiger partial charge on any atom is 0.310 e. The number of hydrogen-bond acceptors (Lipinski definition) is 4. The molecular formula is C10H16N2O3. The number of aliphatic carboxylic acids is 1. The molecule has 0 aliphatic rings. The highest BCUT2D eigenvalue weighted by atomic mass is 16.5. The van der Waals surface area contributed by atoms with Gasteiger partial charge < -0.3 is 9.63 Å². The highest BCUT2D eigenvalue weighted by molar-refractivity contribution is 5.74. The summed E-state index contributed by atoms with van der Waals surface area (Å²) in [5.74, 6) is 0.0724. The lowest BCUT2D eigenvalue weighted by Gasteiger charge is -2.27. The zero-order valence-electron chi connectivity index (χ0n) is 9.44. The molecule has 15 heavy (non-hydrogen) atoms. The predicted octanol–water partition coefficient (Wildman–Crippen LogP) is 1.67. The summed E-state index contributed by atoms with van der Waals surface area (Å²) >= 11 is 0. The van der Waals surface area contributed by atoms with Crippen LogP contribution in [0.5, 0.6) is 0 Å². The zero-order valence-corrected chi connectivity index (χ0v) is 9.44. The molecule has 1 heterocycles. The molecule has 0 radical (unpaired) electrons. The van der Waals surface area contributed by atoms with E-state index in [0.717, 1.165) is 0 Å². The molecule has 1 rings (SSSR count). The summed E-state index contributed by atoms with van der Waals surface area (Å²) < 4.78 is 4.94. The molecule has 0 saturated carbocycles. The first kappa shape index (κ1) is 11.7. The second kappa shape index (κ2) is 4.00. The number of carboxylic acids is 1. The quantitative estimate of drug-likeness (QED) is 0.821. The average Bonchev–Trinajstić information content (AvgIpc) is 2.50. The Morgan fingerprint density at radius 1 is 1.60 bits per heavy atom. The molecule has 5 nitrogen and oxygen atoms in total. The van der Waals surface area contributed by atoms with Crippen LogP contribution in [0.15, 0.2) is 4.52 Å². The Kier molecular flexibility index (Phi) is 3.12. The van der Waals surface area contributed by atoms with Gasteiger partial charge in [-0.3, -0.25) is 4.79 Å². The van der Waals surface area contributed by atoms with E-state index in [1.165, 1.54) is 0 Å². The lowest BCUT2D eigenvalue weighted by molar-refractivity contribution is -0.150. The average molecular weight is 212 g/mol. The van der Waals surface area contributed by atoms with Crippen molar-refractivity contribution in [1.29, 1.82) is 0 Å². The van der Waals surface area contributed by atoms with Gasteiger partial charge in [0.15, 0.2) is 5.82 Å². The molecular weight excluding hydrogens is 196 g/mol. The summed E-state index contributed by atoms with van der Waals surface area (Å²) in [6.07, 6.45) is 0.265. The fraction of sp³-hybridized carbons (Fsp3) is 0.700. The van der Waals surface area contributed by atoms with Crippen molar-refractivity contribution < 1.29 is 14.4 Å². The smallest absolute Gasteiger partial charge is 0.310 e. The summed E-state index contributed by atoms with van der Waals surface area (Å²) in [7, 11) is 0. The number of carboxylic acid groups (broad SMARTS) is 1. The van der Waals surface area contributed by atoms with Crippen LogP contribution in [0, 0.1) is 18.3 Å². The van der Waals surface area contributed by atoms with E-state index in [4.69, 9.17) is 4.52 Å². The zero-order chi connectivity index (χ0) is 11.6. The molecule has 0 saturated heterocycles. The Morgan fingerprint density at radius 2 is 2.20 bits per heavy atom. The van der Waals surface area contributed by atoms with E-state index < -0.39 is 11.4 Å². The Hall–Kier alpha value is -1.39. The van der Waals surface area contributed by atoms with Crippen LogP contribution in [0.1, 0.15) is 32.5 Å². The van der Waals surface area contributed by atoms with Crippen molar-refractivity contribution in [3.63, 3.8) is 0 Å². The molecule has 0 spiro atoms. The van der Waals surface area contributed by atoms with E-state index in [-0.39, 0.29) is 12.3 Å². The fourth-order valence-corrected chi connectivity index (χ4v) is 1.25. The molecule has 1 aromatic rings. The highest BCUT2D eigenvalue weighted by Gasteiger charge is 2.38. The SMILES string of the molecule is Cc1noc(CC(C)(C(=O)O)C(C)C)n1. The highest BCUT2D eigenvalue weighted by Crippen LogP contribution is 2.31. The molecule has 84 valence electrons. The van der Waals surface area contributed by atoms with Gasteiger partial charge in [-0.15, -0.1) is 0 Å². The van der Waals surface area contributed by atoms with Crippen molar-refractivity contribution in [2.45, 2.75) is 34.1 Å². The van der Waals surface area contributed by atoms with E-state index >= 15 is 0 Å². The molecule has 1 N–H and O–H groups in total. The summed E-state index contributed by atoms with van der Waals surface area (Å²) in [6, 6.07) is 0. The molecule has 5 heteroatoms. The molecule has 1 atom stereocenters. The van der Waals surface area contributed by atoms with Gasteiger partial charge >= 0.3 is 5.97 Å². The van der Waals surface area contributed by atoms with Crippen LogP contribution in [0.4, 0.5) is 0 Å². The third-order valence-electron chi connectivity index (χ3n) is 2.85. The van der Waals surface area contributed by atoms with Gasteiger partial charge in [0, 0.05) is 6.42 Å². The first-order valence-corrected chi connectivity index (χ1v) is 4.89. The van der Waals surface area contributed by atoms with Crippen LogP contribution >= 0.6 is 0 Å². The summed E-state index contributed by atoms with van der Waals surface area (Å²) in [6.45, 7) is 7.15. The molecule has 0 fully saturated rings. The minimum absolute atomic E-state index is 0.00204. The third-order valence-corrected chi connectivity index (χ3v) is 2.85. The minimum atomic E-state index is -0.862. The molecule has 0 amide bonds. The Morgan fingerprint density at radius 3 is 2.53 bits per heavy atom. The maximum atomic E-state index is 11.2. The topological polar surface area (TPSA) is 76.2 Å². The van der Waals surface area contributed by atoms with Crippen LogP contribution in [0.25, 0.3) is 0 Å². The number of hydrogen-bond donors (Lipinski definition) is 1. The number of rotatable bonds is 4. The summed E-state index contributed by atoms with van der Waals surface area (Å²) in [5, 5.41) is 12.8. The van der Waals surface area contributed by atoms with E-state index in [2.05, 4.69) is 10.1 Å². The number of aryl methyl sites for hydroxylation is 1. The van der Waals surface area contributed by atoms with Gasteiger partial charge in [0.1, 0.15) is 0 Å². The van der Waals surface area contributed by atoms with Crippen molar-refractivity contribution in [2.75, 3.05) is 0 Å². The van der Waals surface area contributed by atoms with Crippen molar-refractivity contribution in [1.82, 2.24) is 10.1 Å². The monoisotopic (exact) mass is 212 g/mol. The summed E-state index contributed by atoms with van der Waals surface area (Å²) in [5.41, 5.74) is -0.862. The predicted molar refractivity (Wildman–Crippen MR) is 53.3 cm³/mol. The minimum Gasteiger partial charge on any atom is -0.481 e. The Balaban J connectivity index is 2.89. The second-order valence-corrected chi connectivity index (χ2v) is 4.29. The van der Waals surface area contributed by atoms with E-state index in [1.807, 2.05) is 13.8 Å². The summed E-state index contributed by atoms with van der Waals surface area (Å²) in [4.78, 5) is 15.2. The van der Waals surface area contributed by atoms with Crippen molar-refractivity contribution >= 4 is 5.97 Å². The van der Waals surface area contributed by atoms with Gasteiger partial charge in [-0.2, -0.15) is 4.98 Å². The molecule has 1 unspecified atom stereocenters. The number of carbonyl (C=O) groups is 1. The normalized spacial score (nSPS) is 15.3. The van der Waals surface area contributed by atoms with Crippen LogP contribution in [0.3, 0.4) is 0 Å². The lowest BCUT2D eigenvalue weighted by atomic mass is 9.76. The van der Waals surface area contributed by atoms with Crippen LogP contribution < -0.4 is 0 Å². The van der Waals surface area contributed by atoms with Crippen LogP contribution in [0.2, 0.25) is 0 Å². The van der Waals surface area contributed by atoms with E-state index in [1.54, 1.807) is 13.8 Å². The molecule has 1 aromatic heterocycles. The largest absolute Gasteiger partial charge is 0.481 e. The third kappa shape index (κ3) is 2.34. The second-order valence-electron chi connectivity index (χ2n) is 4.29. The van der Waals surface area contributed by atoms with Crippen molar-refractivity contribution in [3.8, 4) is 0 Å². The number of nitrogens with zero attached hydrogens (tertiary/aromatic N) is 2. The first-order chi connectivity index (χ1) is 6.86. The Bertz CT molecular complexity index is 359. The molecule has 0 aromatic carbocycles. The van der Waals surface area contributed by atoms with Gasteiger partial charge in [-0.1, -0.05) is 19.0 Å².